The standard InChI is InChI=1S/C15H24N2O/c1-2-16-9-5-8-14-17-10-13(18-14)15-11-6-3-4-7-12(11)15/h10-12,15-16H,2-9H2,1H3. The molecule has 3 heteroatoms. The first-order chi connectivity index (χ1) is 8.90. The van der Waals surface area contributed by atoms with Crippen LogP contribution in [0.1, 0.15) is 56.6 Å². The van der Waals surface area contributed by atoms with Gasteiger partial charge in [0.1, 0.15) is 5.76 Å². The zero-order chi connectivity index (χ0) is 12.4. The van der Waals surface area contributed by atoms with Gasteiger partial charge >= 0.3 is 0 Å². The van der Waals surface area contributed by atoms with Crippen molar-refractivity contribution < 1.29 is 4.42 Å². The van der Waals surface area contributed by atoms with Crippen molar-refractivity contribution in [1.82, 2.24) is 10.3 Å². The van der Waals surface area contributed by atoms with E-state index < -0.39 is 0 Å². The van der Waals surface area contributed by atoms with Gasteiger partial charge in [0.25, 0.3) is 0 Å². The summed E-state index contributed by atoms with van der Waals surface area (Å²) in [6.07, 6.45) is 9.73. The lowest BCUT2D eigenvalue weighted by atomic mass is 10.0. The summed E-state index contributed by atoms with van der Waals surface area (Å²) in [4.78, 5) is 4.44. The molecule has 1 heterocycles. The number of nitrogens with one attached hydrogen (secondary N) is 1. The van der Waals surface area contributed by atoms with Gasteiger partial charge in [-0.25, -0.2) is 4.98 Å². The highest BCUT2D eigenvalue weighted by molar-refractivity contribution is 5.18. The first-order valence-corrected chi connectivity index (χ1v) is 7.55. The maximum absolute atomic E-state index is 5.94. The van der Waals surface area contributed by atoms with E-state index in [0.29, 0.717) is 5.92 Å². The molecule has 2 unspecified atom stereocenters. The molecule has 0 amide bonds. The van der Waals surface area contributed by atoms with Gasteiger partial charge in [-0.2, -0.15) is 0 Å². The second kappa shape index (κ2) is 5.43. The van der Waals surface area contributed by atoms with Gasteiger partial charge in [0.2, 0.25) is 0 Å². The highest BCUT2D eigenvalue weighted by Crippen LogP contribution is 2.61. The van der Waals surface area contributed by atoms with Crippen LogP contribution in [0.15, 0.2) is 10.6 Å². The molecule has 0 spiro atoms. The number of rotatable bonds is 6. The molecule has 2 aliphatic carbocycles. The third-order valence-corrected chi connectivity index (χ3v) is 4.55. The number of aryl methyl sites for hydroxylation is 1. The number of nitrogens with zero attached hydrogens (tertiary/aromatic N) is 1. The fourth-order valence-electron chi connectivity index (χ4n) is 3.55. The first kappa shape index (κ1) is 12.2. The molecule has 3 rings (SSSR count). The topological polar surface area (TPSA) is 38.1 Å². The Morgan fingerprint density at radius 2 is 2.11 bits per heavy atom. The quantitative estimate of drug-likeness (QED) is 0.786. The van der Waals surface area contributed by atoms with E-state index in [1.165, 1.54) is 31.4 Å². The van der Waals surface area contributed by atoms with Crippen LogP contribution in [0.25, 0.3) is 0 Å². The number of hydrogen-bond donors (Lipinski definition) is 1. The summed E-state index contributed by atoms with van der Waals surface area (Å²) in [5, 5.41) is 3.33. The van der Waals surface area contributed by atoms with Gasteiger partial charge in [-0.15, -0.1) is 0 Å². The Bertz CT molecular complexity index is 376. The predicted molar refractivity (Wildman–Crippen MR) is 71.6 cm³/mol. The molecule has 2 saturated carbocycles. The minimum Gasteiger partial charge on any atom is -0.445 e. The van der Waals surface area contributed by atoms with Gasteiger partial charge in [-0.3, -0.25) is 0 Å². The van der Waals surface area contributed by atoms with Crippen molar-refractivity contribution in [3.63, 3.8) is 0 Å². The lowest BCUT2D eigenvalue weighted by molar-refractivity contribution is 0.440. The summed E-state index contributed by atoms with van der Waals surface area (Å²) in [5.41, 5.74) is 0. The van der Waals surface area contributed by atoms with Crippen LogP contribution >= 0.6 is 0 Å². The zero-order valence-electron chi connectivity index (χ0n) is 11.3. The SMILES string of the molecule is CCNCCCc1ncc(C2C3CCCCC32)o1. The van der Waals surface area contributed by atoms with E-state index in [-0.39, 0.29) is 0 Å². The normalized spacial score (nSPS) is 30.2. The van der Waals surface area contributed by atoms with Crippen LogP contribution in [0.2, 0.25) is 0 Å². The van der Waals surface area contributed by atoms with Crippen molar-refractivity contribution in [1.29, 1.82) is 0 Å². The summed E-state index contributed by atoms with van der Waals surface area (Å²) in [6.45, 7) is 4.24. The Kier molecular flexibility index (Phi) is 3.69. The number of fused-ring (bicyclic) bond motifs is 1. The van der Waals surface area contributed by atoms with Crippen molar-refractivity contribution in [3.8, 4) is 0 Å². The molecule has 18 heavy (non-hydrogen) atoms. The van der Waals surface area contributed by atoms with Crippen LogP contribution in [0, 0.1) is 11.8 Å². The van der Waals surface area contributed by atoms with E-state index in [9.17, 15) is 0 Å². The molecule has 0 aliphatic heterocycles. The molecular weight excluding hydrogens is 224 g/mol. The van der Waals surface area contributed by atoms with Gasteiger partial charge < -0.3 is 9.73 Å². The molecule has 3 nitrogen and oxygen atoms in total. The number of hydrogen-bond acceptors (Lipinski definition) is 3. The molecule has 0 saturated heterocycles. The molecule has 0 aromatic carbocycles. The van der Waals surface area contributed by atoms with E-state index in [0.717, 1.165) is 43.7 Å². The Labute approximate surface area is 109 Å². The minimum absolute atomic E-state index is 0.711. The third kappa shape index (κ3) is 2.46. The molecule has 1 aromatic heterocycles. The summed E-state index contributed by atoms with van der Waals surface area (Å²) in [6, 6.07) is 0. The average molecular weight is 248 g/mol. The molecule has 1 N–H and O–H groups in total. The van der Waals surface area contributed by atoms with E-state index in [1.807, 2.05) is 6.20 Å². The maximum atomic E-state index is 5.94. The molecule has 2 aliphatic rings. The second-order valence-electron chi connectivity index (χ2n) is 5.75. The largest absolute Gasteiger partial charge is 0.445 e. The molecular formula is C15H24N2O. The zero-order valence-corrected chi connectivity index (χ0v) is 11.3. The van der Waals surface area contributed by atoms with Crippen molar-refractivity contribution >= 4 is 0 Å². The van der Waals surface area contributed by atoms with Crippen LogP contribution in [0.3, 0.4) is 0 Å². The van der Waals surface area contributed by atoms with Crippen LogP contribution in [0.4, 0.5) is 0 Å². The van der Waals surface area contributed by atoms with Crippen LogP contribution in [-0.4, -0.2) is 18.1 Å². The van der Waals surface area contributed by atoms with Gasteiger partial charge in [0, 0.05) is 12.3 Å². The van der Waals surface area contributed by atoms with Crippen molar-refractivity contribution in [3.05, 3.63) is 17.8 Å². The Hall–Kier alpha value is -0.830. The summed E-state index contributed by atoms with van der Waals surface area (Å²) >= 11 is 0. The van der Waals surface area contributed by atoms with E-state index >= 15 is 0 Å². The Balaban J connectivity index is 1.51. The van der Waals surface area contributed by atoms with Crippen molar-refractivity contribution in [2.75, 3.05) is 13.1 Å². The van der Waals surface area contributed by atoms with Crippen LogP contribution < -0.4 is 5.32 Å². The van der Waals surface area contributed by atoms with Gasteiger partial charge in [0.15, 0.2) is 5.89 Å². The van der Waals surface area contributed by atoms with Crippen molar-refractivity contribution in [2.45, 2.75) is 51.4 Å². The lowest BCUT2D eigenvalue weighted by Gasteiger charge is -2.04. The minimum atomic E-state index is 0.711. The average Bonchev–Trinajstić information content (AvgIpc) is 2.96. The van der Waals surface area contributed by atoms with Gasteiger partial charge in [-0.05, 0) is 44.2 Å². The lowest BCUT2D eigenvalue weighted by Crippen LogP contribution is -2.14. The fraction of sp³-hybridized carbons (Fsp3) is 0.800. The van der Waals surface area contributed by atoms with Crippen LogP contribution in [-0.2, 0) is 6.42 Å². The molecule has 0 radical (unpaired) electrons. The summed E-state index contributed by atoms with van der Waals surface area (Å²) in [7, 11) is 0. The van der Waals surface area contributed by atoms with Crippen LogP contribution in [0.5, 0.6) is 0 Å². The molecule has 0 bridgehead atoms. The van der Waals surface area contributed by atoms with Crippen molar-refractivity contribution in [2.24, 2.45) is 11.8 Å². The smallest absolute Gasteiger partial charge is 0.194 e. The van der Waals surface area contributed by atoms with E-state index in [4.69, 9.17) is 4.42 Å². The second-order valence-corrected chi connectivity index (χ2v) is 5.75. The molecule has 100 valence electrons. The summed E-state index contributed by atoms with van der Waals surface area (Å²) < 4.78 is 5.94. The summed E-state index contributed by atoms with van der Waals surface area (Å²) in [5.74, 6) is 4.65. The first-order valence-electron chi connectivity index (χ1n) is 7.55. The number of oxazole rings is 1. The number of aromatic nitrogens is 1. The predicted octanol–water partition coefficient (Wildman–Crippen LogP) is 3.12. The van der Waals surface area contributed by atoms with Gasteiger partial charge in [-0.1, -0.05) is 19.8 Å². The Morgan fingerprint density at radius 3 is 2.83 bits per heavy atom. The fourth-order valence-corrected chi connectivity index (χ4v) is 3.55. The third-order valence-electron chi connectivity index (χ3n) is 4.55. The Morgan fingerprint density at radius 1 is 1.33 bits per heavy atom. The maximum Gasteiger partial charge on any atom is 0.194 e. The van der Waals surface area contributed by atoms with E-state index in [2.05, 4.69) is 17.2 Å². The monoisotopic (exact) mass is 248 g/mol. The highest BCUT2D eigenvalue weighted by Gasteiger charge is 2.53. The highest BCUT2D eigenvalue weighted by atomic mass is 16.4. The molecule has 2 fully saturated rings. The molecule has 2 atom stereocenters. The van der Waals surface area contributed by atoms with Gasteiger partial charge in [0.05, 0.1) is 6.20 Å². The molecule has 1 aromatic rings. The van der Waals surface area contributed by atoms with E-state index in [1.54, 1.807) is 0 Å².